The molecule has 32 heavy (non-hydrogen) atoms. The second-order valence-corrected chi connectivity index (χ2v) is 15.1. The Hall–Kier alpha value is -2.98. The van der Waals surface area contributed by atoms with Crippen LogP contribution < -0.4 is 9.75 Å². The summed E-state index contributed by atoms with van der Waals surface area (Å²) in [6.07, 6.45) is 0. The van der Waals surface area contributed by atoms with Crippen molar-refractivity contribution in [2.75, 3.05) is 0 Å². The lowest BCUT2D eigenvalue weighted by atomic mass is 9.95. The summed E-state index contributed by atoms with van der Waals surface area (Å²) in [5.41, 5.74) is 8.55. The highest BCUT2D eigenvalue weighted by Crippen LogP contribution is 2.39. The highest BCUT2D eigenvalue weighted by molar-refractivity contribution is 6.90. The molecular weight excluding hydrogens is 413 g/mol. The van der Waals surface area contributed by atoms with Crippen molar-refractivity contribution in [3.63, 3.8) is 0 Å². The van der Waals surface area contributed by atoms with E-state index in [0.29, 0.717) is 5.58 Å². The van der Waals surface area contributed by atoms with Crippen molar-refractivity contribution >= 4 is 46.1 Å². The van der Waals surface area contributed by atoms with Crippen molar-refractivity contribution < 1.29 is 13.4 Å². The van der Waals surface area contributed by atoms with Gasteiger partial charge in [0.1, 0.15) is 24.0 Å². The van der Waals surface area contributed by atoms with Crippen LogP contribution in [0.25, 0.3) is 44.1 Å². The monoisotopic (exact) mass is 442 g/mol. The lowest BCUT2D eigenvalue weighted by Crippen LogP contribution is -2.43. The van der Waals surface area contributed by atoms with Gasteiger partial charge in [0, 0.05) is 34.4 Å². The summed E-state index contributed by atoms with van der Waals surface area (Å²) < 4.78 is 22.6. The van der Waals surface area contributed by atoms with Crippen molar-refractivity contribution in [2.45, 2.75) is 40.4 Å². The number of nitrogens with zero attached hydrogens (tertiary/aromatic N) is 1. The lowest BCUT2D eigenvalue weighted by molar-refractivity contribution is -0.633. The van der Waals surface area contributed by atoms with Gasteiger partial charge in [-0.3, -0.25) is 0 Å². The van der Waals surface area contributed by atoms with E-state index >= 15 is 0 Å². The molecule has 2 nitrogen and oxygen atoms in total. The van der Waals surface area contributed by atoms with Gasteiger partial charge in [-0.2, -0.15) is 4.57 Å². The average molecular weight is 443 g/mol. The minimum atomic E-state index is -1.63. The van der Waals surface area contributed by atoms with Crippen molar-refractivity contribution in [2.24, 2.45) is 7.05 Å². The first-order chi connectivity index (χ1) is 15.1. The SMILES string of the molecule is Cc1ccc2c([Si](C)(C)C)cc(-c3c(C)c(C)cc4c3oc3cc(F)ccc34)[n+](C)c2c1. The van der Waals surface area contributed by atoms with Gasteiger partial charge in [0.25, 0.3) is 0 Å². The molecule has 0 amide bonds. The van der Waals surface area contributed by atoms with E-state index in [1.807, 2.05) is 6.07 Å². The fourth-order valence-corrected chi connectivity index (χ4v) is 6.46. The number of furan rings is 1. The van der Waals surface area contributed by atoms with Crippen LogP contribution in [0.5, 0.6) is 0 Å². The molecule has 4 heteroatoms. The Labute approximate surface area is 189 Å². The third-order valence-corrected chi connectivity index (χ3v) is 8.79. The van der Waals surface area contributed by atoms with Gasteiger partial charge in [0.05, 0.1) is 13.6 Å². The number of rotatable bonds is 2. The van der Waals surface area contributed by atoms with Gasteiger partial charge in [-0.25, -0.2) is 4.39 Å². The van der Waals surface area contributed by atoms with Crippen LogP contribution in [0, 0.1) is 26.6 Å². The molecule has 0 fully saturated rings. The summed E-state index contributed by atoms with van der Waals surface area (Å²) in [6, 6.07) is 16.1. The van der Waals surface area contributed by atoms with Crippen LogP contribution in [0.4, 0.5) is 4.39 Å². The highest BCUT2D eigenvalue weighted by atomic mass is 28.3. The number of hydrogen-bond donors (Lipinski definition) is 0. The minimum absolute atomic E-state index is 0.278. The van der Waals surface area contributed by atoms with E-state index in [1.54, 1.807) is 0 Å². The van der Waals surface area contributed by atoms with E-state index in [1.165, 1.54) is 44.9 Å². The predicted octanol–water partition coefficient (Wildman–Crippen LogP) is 6.84. The highest BCUT2D eigenvalue weighted by Gasteiger charge is 2.29. The summed E-state index contributed by atoms with van der Waals surface area (Å²) in [7, 11) is 0.506. The number of hydrogen-bond acceptors (Lipinski definition) is 1. The first kappa shape index (κ1) is 20.9. The molecule has 3 aromatic carbocycles. The van der Waals surface area contributed by atoms with E-state index in [4.69, 9.17) is 4.42 Å². The molecule has 0 radical (unpaired) electrons. The zero-order valence-corrected chi connectivity index (χ0v) is 20.9. The summed E-state index contributed by atoms with van der Waals surface area (Å²) in [4.78, 5) is 0. The van der Waals surface area contributed by atoms with Crippen molar-refractivity contribution in [3.8, 4) is 11.3 Å². The van der Waals surface area contributed by atoms with Gasteiger partial charge in [-0.15, -0.1) is 0 Å². The molecule has 0 aliphatic rings. The molecule has 2 aromatic heterocycles. The Morgan fingerprint density at radius 1 is 0.844 bits per heavy atom. The smallest absolute Gasteiger partial charge is 0.216 e. The summed E-state index contributed by atoms with van der Waals surface area (Å²) in [6.45, 7) is 13.6. The molecule has 0 saturated carbocycles. The first-order valence-electron chi connectivity index (χ1n) is 11.1. The van der Waals surface area contributed by atoms with E-state index in [0.717, 1.165) is 27.6 Å². The molecule has 0 saturated heterocycles. The van der Waals surface area contributed by atoms with Gasteiger partial charge < -0.3 is 4.42 Å². The quantitative estimate of drug-likeness (QED) is 0.216. The fraction of sp³-hybridized carbons (Fsp3) is 0.250. The Morgan fingerprint density at radius 2 is 1.56 bits per heavy atom. The van der Waals surface area contributed by atoms with Gasteiger partial charge in [-0.05, 0) is 66.9 Å². The normalized spacial score (nSPS) is 12.4. The van der Waals surface area contributed by atoms with Gasteiger partial charge in [-0.1, -0.05) is 25.7 Å². The number of aromatic nitrogens is 1. The van der Waals surface area contributed by atoms with E-state index in [9.17, 15) is 4.39 Å². The van der Waals surface area contributed by atoms with Crippen LogP contribution in [-0.2, 0) is 7.05 Å². The van der Waals surface area contributed by atoms with Gasteiger partial charge >= 0.3 is 0 Å². The van der Waals surface area contributed by atoms with Crippen LogP contribution in [0.3, 0.4) is 0 Å². The maximum Gasteiger partial charge on any atom is 0.216 e. The van der Waals surface area contributed by atoms with Crippen LogP contribution in [-0.4, -0.2) is 8.07 Å². The molecule has 5 rings (SSSR count). The number of fused-ring (bicyclic) bond motifs is 4. The third kappa shape index (κ3) is 3.08. The summed E-state index contributed by atoms with van der Waals surface area (Å²) >= 11 is 0. The lowest BCUT2D eigenvalue weighted by Gasteiger charge is -2.20. The third-order valence-electron chi connectivity index (χ3n) is 6.76. The van der Waals surface area contributed by atoms with Gasteiger partial charge in [0.2, 0.25) is 11.2 Å². The first-order valence-corrected chi connectivity index (χ1v) is 14.6. The molecule has 0 atom stereocenters. The van der Waals surface area contributed by atoms with Crippen LogP contribution in [0.2, 0.25) is 19.6 Å². The van der Waals surface area contributed by atoms with Crippen molar-refractivity contribution in [3.05, 3.63) is 71.0 Å². The Balaban J connectivity index is 1.98. The zero-order valence-electron chi connectivity index (χ0n) is 19.9. The Bertz CT molecular complexity index is 1560. The van der Waals surface area contributed by atoms with Crippen molar-refractivity contribution in [1.82, 2.24) is 0 Å². The molecule has 0 N–H and O–H groups in total. The van der Waals surface area contributed by atoms with Crippen LogP contribution in [0.1, 0.15) is 16.7 Å². The summed E-state index contributed by atoms with van der Waals surface area (Å²) in [5.74, 6) is -0.278. The second-order valence-electron chi connectivity index (χ2n) is 10.1. The Kier molecular flexibility index (Phi) is 4.58. The van der Waals surface area contributed by atoms with Crippen LogP contribution >= 0.6 is 0 Å². The molecule has 0 bridgehead atoms. The van der Waals surface area contributed by atoms with E-state index < -0.39 is 8.07 Å². The molecule has 0 aliphatic heterocycles. The predicted molar refractivity (Wildman–Crippen MR) is 135 cm³/mol. The number of pyridine rings is 1. The Morgan fingerprint density at radius 3 is 2.28 bits per heavy atom. The minimum Gasteiger partial charge on any atom is -0.455 e. The molecular formula is C28H29FNOSi+. The number of benzene rings is 3. The maximum absolute atomic E-state index is 13.9. The molecule has 5 aromatic rings. The average Bonchev–Trinajstić information content (AvgIpc) is 3.06. The molecule has 0 aliphatic carbocycles. The fourth-order valence-electron chi connectivity index (χ4n) is 4.87. The molecule has 2 heterocycles. The van der Waals surface area contributed by atoms with Crippen LogP contribution in [0.15, 0.2) is 52.9 Å². The number of halogens is 1. The zero-order chi connectivity index (χ0) is 22.9. The largest absolute Gasteiger partial charge is 0.455 e. The second kappa shape index (κ2) is 7.01. The molecule has 162 valence electrons. The van der Waals surface area contributed by atoms with E-state index in [2.05, 4.69) is 82.4 Å². The number of aryl methyl sites for hydroxylation is 3. The topological polar surface area (TPSA) is 17.0 Å². The molecule has 0 unspecified atom stereocenters. The standard InChI is InChI=1S/C28H29FNOSi/c1-16-8-10-21-23(12-16)30(4)24(15-26(21)32(5,6)7)27-18(3)17(2)13-22-20-11-9-19(29)14-25(20)31-28(22)27/h8-15H,1-7H3/q+1. The maximum atomic E-state index is 13.9. The van der Waals surface area contributed by atoms with E-state index in [-0.39, 0.29) is 5.82 Å². The molecule has 0 spiro atoms. The van der Waals surface area contributed by atoms with Gasteiger partial charge in [0.15, 0.2) is 0 Å². The summed E-state index contributed by atoms with van der Waals surface area (Å²) in [5, 5.41) is 4.76. The van der Waals surface area contributed by atoms with Crippen molar-refractivity contribution in [1.29, 1.82) is 0 Å².